The second-order valence-electron chi connectivity index (χ2n) is 5.26. The van der Waals surface area contributed by atoms with Crippen LogP contribution in [-0.2, 0) is 11.2 Å². The van der Waals surface area contributed by atoms with Crippen LogP contribution in [0.1, 0.15) is 42.9 Å². The van der Waals surface area contributed by atoms with Gasteiger partial charge in [0.05, 0.1) is 23.9 Å². The lowest BCUT2D eigenvalue weighted by molar-refractivity contribution is 0.118. The summed E-state index contributed by atoms with van der Waals surface area (Å²) in [6, 6.07) is 0.412. The fourth-order valence-electron chi connectivity index (χ4n) is 2.90. The van der Waals surface area contributed by atoms with Crippen molar-refractivity contribution >= 4 is 16.5 Å². The minimum Gasteiger partial charge on any atom is -0.387 e. The molecule has 1 aliphatic carbocycles. The third-order valence-electron chi connectivity index (χ3n) is 4.05. The molecule has 0 spiro atoms. The second-order valence-corrected chi connectivity index (χ2v) is 6.32. The Morgan fingerprint density at radius 2 is 2.28 bits per heavy atom. The highest BCUT2D eigenvalue weighted by molar-refractivity contribution is 7.15. The number of aryl methyl sites for hydroxylation is 1. The maximum absolute atomic E-state index is 9.97. The van der Waals surface area contributed by atoms with Crippen LogP contribution in [0.2, 0.25) is 0 Å². The smallest absolute Gasteiger partial charge is 0.185 e. The maximum Gasteiger partial charge on any atom is 0.185 e. The van der Waals surface area contributed by atoms with E-state index in [0.717, 1.165) is 43.1 Å². The average molecular weight is 268 g/mol. The Kier molecular flexibility index (Phi) is 3.30. The fourth-order valence-corrected chi connectivity index (χ4v) is 4.08. The highest BCUT2D eigenvalue weighted by Gasteiger charge is 2.31. The fraction of sp³-hybridized carbons (Fsp3) is 0.769. The molecule has 3 atom stereocenters. The van der Waals surface area contributed by atoms with Crippen molar-refractivity contribution in [2.24, 2.45) is 0 Å². The van der Waals surface area contributed by atoms with Gasteiger partial charge in [-0.1, -0.05) is 0 Å². The van der Waals surface area contributed by atoms with Gasteiger partial charge in [0.2, 0.25) is 0 Å². The molecule has 5 heteroatoms. The summed E-state index contributed by atoms with van der Waals surface area (Å²) in [4.78, 5) is 8.15. The van der Waals surface area contributed by atoms with Crippen LogP contribution >= 0.6 is 11.3 Å². The molecular weight excluding hydrogens is 248 g/mol. The van der Waals surface area contributed by atoms with Gasteiger partial charge in [-0.3, -0.25) is 0 Å². The number of aromatic nitrogens is 1. The normalized spacial score (nSPS) is 31.4. The van der Waals surface area contributed by atoms with Gasteiger partial charge in [-0.25, -0.2) is 4.98 Å². The molecule has 1 N–H and O–H groups in total. The van der Waals surface area contributed by atoms with E-state index in [4.69, 9.17) is 4.74 Å². The highest BCUT2D eigenvalue weighted by atomic mass is 32.1. The Morgan fingerprint density at radius 1 is 1.44 bits per heavy atom. The van der Waals surface area contributed by atoms with E-state index in [1.807, 2.05) is 0 Å². The van der Waals surface area contributed by atoms with E-state index in [0.29, 0.717) is 6.04 Å². The molecule has 0 amide bonds. The predicted octanol–water partition coefficient (Wildman–Crippen LogP) is 2.13. The van der Waals surface area contributed by atoms with Crippen molar-refractivity contribution in [1.29, 1.82) is 0 Å². The summed E-state index contributed by atoms with van der Waals surface area (Å²) in [5, 5.41) is 11.0. The minimum absolute atomic E-state index is 0.265. The predicted molar refractivity (Wildman–Crippen MR) is 72.2 cm³/mol. The highest BCUT2D eigenvalue weighted by Crippen LogP contribution is 2.37. The quantitative estimate of drug-likeness (QED) is 0.892. The van der Waals surface area contributed by atoms with E-state index >= 15 is 0 Å². The summed E-state index contributed by atoms with van der Waals surface area (Å²) in [6.45, 7) is 2.96. The van der Waals surface area contributed by atoms with Gasteiger partial charge in [0.25, 0.3) is 0 Å². The van der Waals surface area contributed by atoms with E-state index in [9.17, 15) is 5.11 Å². The molecule has 100 valence electrons. The van der Waals surface area contributed by atoms with Gasteiger partial charge >= 0.3 is 0 Å². The molecule has 0 saturated carbocycles. The van der Waals surface area contributed by atoms with Crippen molar-refractivity contribution in [2.45, 2.75) is 50.9 Å². The molecule has 1 fully saturated rings. The monoisotopic (exact) mass is 268 g/mol. The summed E-state index contributed by atoms with van der Waals surface area (Å²) in [7, 11) is 2.09. The van der Waals surface area contributed by atoms with Crippen LogP contribution in [0.15, 0.2) is 0 Å². The van der Waals surface area contributed by atoms with E-state index < -0.39 is 0 Å². The van der Waals surface area contributed by atoms with Gasteiger partial charge in [0.15, 0.2) is 5.13 Å². The van der Waals surface area contributed by atoms with Crippen LogP contribution in [-0.4, -0.2) is 35.9 Å². The number of rotatable bonds is 2. The third-order valence-corrected chi connectivity index (χ3v) is 5.27. The molecule has 2 heterocycles. The van der Waals surface area contributed by atoms with Crippen LogP contribution in [0.25, 0.3) is 0 Å². The largest absolute Gasteiger partial charge is 0.387 e. The Hall–Kier alpha value is -0.650. The van der Waals surface area contributed by atoms with Gasteiger partial charge in [-0.05, 0) is 32.6 Å². The molecule has 0 bridgehead atoms. The van der Waals surface area contributed by atoms with E-state index in [1.54, 1.807) is 11.3 Å². The Balaban J connectivity index is 1.84. The standard InChI is InChI=1S/C13H20N2O2S/c1-8-9(6-7-17-8)15(2)13-14-12-10(16)4-3-5-11(12)18-13/h8-10,16H,3-7H2,1-2H3. The van der Waals surface area contributed by atoms with Gasteiger partial charge in [0, 0.05) is 18.5 Å². The zero-order valence-electron chi connectivity index (χ0n) is 10.9. The molecule has 0 radical (unpaired) electrons. The van der Waals surface area contributed by atoms with E-state index in [-0.39, 0.29) is 12.2 Å². The lowest BCUT2D eigenvalue weighted by Gasteiger charge is -2.26. The van der Waals surface area contributed by atoms with Crippen molar-refractivity contribution in [3.63, 3.8) is 0 Å². The van der Waals surface area contributed by atoms with Crippen LogP contribution < -0.4 is 4.90 Å². The van der Waals surface area contributed by atoms with Crippen molar-refractivity contribution < 1.29 is 9.84 Å². The number of anilines is 1. The van der Waals surface area contributed by atoms with Crippen LogP contribution in [0.4, 0.5) is 5.13 Å². The topological polar surface area (TPSA) is 45.6 Å². The molecule has 2 aliphatic rings. The van der Waals surface area contributed by atoms with Crippen molar-refractivity contribution in [3.8, 4) is 0 Å². The van der Waals surface area contributed by atoms with Crippen molar-refractivity contribution in [3.05, 3.63) is 10.6 Å². The molecule has 0 aromatic carbocycles. The SMILES string of the molecule is CC1OCCC1N(C)c1nc2c(s1)CCCC2O. The average Bonchev–Trinajstić information content (AvgIpc) is 2.95. The van der Waals surface area contributed by atoms with Crippen molar-refractivity contribution in [2.75, 3.05) is 18.6 Å². The van der Waals surface area contributed by atoms with Crippen LogP contribution in [0, 0.1) is 0 Å². The molecule has 3 rings (SSSR count). The number of nitrogens with zero attached hydrogens (tertiary/aromatic N) is 2. The first-order valence-electron chi connectivity index (χ1n) is 6.69. The Bertz CT molecular complexity index is 435. The summed E-state index contributed by atoms with van der Waals surface area (Å²) in [5.74, 6) is 0. The molecule has 3 unspecified atom stereocenters. The number of fused-ring (bicyclic) bond motifs is 1. The van der Waals surface area contributed by atoms with Gasteiger partial charge in [0.1, 0.15) is 0 Å². The van der Waals surface area contributed by atoms with Crippen LogP contribution in [0.5, 0.6) is 0 Å². The molecule has 1 aliphatic heterocycles. The van der Waals surface area contributed by atoms with Crippen molar-refractivity contribution in [1.82, 2.24) is 4.98 Å². The zero-order valence-corrected chi connectivity index (χ0v) is 11.7. The molecular formula is C13H20N2O2S. The van der Waals surface area contributed by atoms with E-state index in [2.05, 4.69) is 23.9 Å². The summed E-state index contributed by atoms with van der Waals surface area (Å²) >= 11 is 1.74. The first-order valence-corrected chi connectivity index (χ1v) is 7.50. The molecule has 18 heavy (non-hydrogen) atoms. The third kappa shape index (κ3) is 2.04. The first-order chi connectivity index (χ1) is 8.66. The summed E-state index contributed by atoms with van der Waals surface area (Å²) < 4.78 is 5.62. The zero-order chi connectivity index (χ0) is 12.7. The molecule has 4 nitrogen and oxygen atoms in total. The number of hydrogen-bond donors (Lipinski definition) is 1. The van der Waals surface area contributed by atoms with Gasteiger partial charge < -0.3 is 14.7 Å². The van der Waals surface area contributed by atoms with E-state index in [1.165, 1.54) is 4.88 Å². The molecule has 1 aromatic heterocycles. The summed E-state index contributed by atoms with van der Waals surface area (Å²) in [6.07, 6.45) is 3.95. The van der Waals surface area contributed by atoms with Gasteiger partial charge in [-0.2, -0.15) is 0 Å². The first kappa shape index (κ1) is 12.4. The Labute approximate surface area is 112 Å². The second kappa shape index (κ2) is 4.79. The Morgan fingerprint density at radius 3 is 2.94 bits per heavy atom. The number of hydrogen-bond acceptors (Lipinski definition) is 5. The van der Waals surface area contributed by atoms with Gasteiger partial charge in [-0.15, -0.1) is 11.3 Å². The number of likely N-dealkylation sites (N-methyl/N-ethyl adjacent to an activating group) is 1. The van der Waals surface area contributed by atoms with Crippen LogP contribution in [0.3, 0.4) is 0 Å². The maximum atomic E-state index is 9.97. The molecule has 1 saturated heterocycles. The number of aliphatic hydroxyl groups is 1. The molecule has 1 aromatic rings. The number of aliphatic hydroxyl groups excluding tert-OH is 1. The number of thiazole rings is 1. The lowest BCUT2D eigenvalue weighted by Crippen LogP contribution is -2.36. The lowest BCUT2D eigenvalue weighted by atomic mass is 10.0. The minimum atomic E-state index is -0.357. The summed E-state index contributed by atoms with van der Waals surface area (Å²) in [5.41, 5.74) is 0.916. The number of ether oxygens (including phenoxy) is 1.